The summed E-state index contributed by atoms with van der Waals surface area (Å²) in [5, 5.41) is 0. The second kappa shape index (κ2) is 8.56. The van der Waals surface area contributed by atoms with Gasteiger partial charge < -0.3 is 19.5 Å². The van der Waals surface area contributed by atoms with Crippen LogP contribution in [-0.2, 0) is 16.0 Å². The monoisotopic (exact) mass is 362 g/mol. The van der Waals surface area contributed by atoms with Crippen molar-refractivity contribution in [2.45, 2.75) is 51.9 Å². The molecule has 0 radical (unpaired) electrons. The molecule has 0 aromatic carbocycles. The zero-order chi connectivity index (χ0) is 18.4. The Morgan fingerprint density at radius 2 is 2.15 bits per heavy atom. The highest BCUT2D eigenvalue weighted by atomic mass is 16.6. The third kappa shape index (κ3) is 4.56. The van der Waals surface area contributed by atoms with Crippen LogP contribution in [0.15, 0.2) is 12.5 Å². The number of piperidine rings is 2. The van der Waals surface area contributed by atoms with Crippen LogP contribution >= 0.6 is 0 Å². The van der Waals surface area contributed by atoms with Gasteiger partial charge in [-0.05, 0) is 31.1 Å². The molecule has 1 N–H and O–H groups in total. The van der Waals surface area contributed by atoms with Gasteiger partial charge in [0.25, 0.3) is 0 Å². The van der Waals surface area contributed by atoms with Crippen molar-refractivity contribution in [2.24, 2.45) is 5.41 Å². The number of carbonyl (C=O) groups is 2. The summed E-state index contributed by atoms with van der Waals surface area (Å²) in [7, 11) is 0. The zero-order valence-electron chi connectivity index (χ0n) is 15.7. The number of hydrogen-bond acceptors (Lipinski definition) is 4. The second-order valence-corrected chi connectivity index (χ2v) is 7.60. The highest BCUT2D eigenvalue weighted by Gasteiger charge is 2.41. The average molecular weight is 362 g/mol. The normalized spacial score (nSPS) is 19.8. The minimum atomic E-state index is -0.184. The van der Waals surface area contributed by atoms with E-state index < -0.39 is 0 Å². The number of H-pyrrole nitrogens is 1. The van der Waals surface area contributed by atoms with E-state index in [1.54, 1.807) is 6.33 Å². The van der Waals surface area contributed by atoms with Crippen molar-refractivity contribution in [3.8, 4) is 0 Å². The molecule has 3 rings (SSSR count). The smallest absolute Gasteiger partial charge is 0.409 e. The number of carbonyl (C=O) groups excluding carboxylic acids is 2. The lowest BCUT2D eigenvalue weighted by atomic mass is 9.72. The lowest BCUT2D eigenvalue weighted by molar-refractivity contribution is -0.139. The van der Waals surface area contributed by atoms with Crippen molar-refractivity contribution >= 4 is 12.0 Å². The Morgan fingerprint density at radius 1 is 1.35 bits per heavy atom. The predicted octanol–water partition coefficient (Wildman–Crippen LogP) is 2.59. The van der Waals surface area contributed by atoms with Crippen LogP contribution in [0.25, 0.3) is 0 Å². The van der Waals surface area contributed by atoms with E-state index in [0.717, 1.165) is 70.4 Å². The Bertz CT molecular complexity index is 594. The van der Waals surface area contributed by atoms with E-state index in [-0.39, 0.29) is 17.4 Å². The summed E-state index contributed by atoms with van der Waals surface area (Å²) in [5.74, 6) is 0.247. The summed E-state index contributed by atoms with van der Waals surface area (Å²) in [6, 6.07) is 0. The van der Waals surface area contributed by atoms with Gasteiger partial charge in [0.2, 0.25) is 5.91 Å². The number of likely N-dealkylation sites (tertiary alicyclic amines) is 2. The summed E-state index contributed by atoms with van der Waals surface area (Å²) in [6.07, 6.45) is 9.49. The third-order valence-corrected chi connectivity index (χ3v) is 5.76. The first-order chi connectivity index (χ1) is 12.6. The third-order valence-electron chi connectivity index (χ3n) is 5.76. The maximum absolute atomic E-state index is 12.3. The molecule has 1 spiro atoms. The van der Waals surface area contributed by atoms with Gasteiger partial charge in [0.05, 0.1) is 12.9 Å². The summed E-state index contributed by atoms with van der Waals surface area (Å²) < 4.78 is 5.33. The molecule has 7 heteroatoms. The molecule has 0 bridgehead atoms. The van der Waals surface area contributed by atoms with Crippen molar-refractivity contribution in [2.75, 3.05) is 32.8 Å². The minimum absolute atomic E-state index is 0.155. The maximum Gasteiger partial charge on any atom is 0.409 e. The Labute approximate surface area is 155 Å². The topological polar surface area (TPSA) is 78.5 Å². The van der Waals surface area contributed by atoms with Crippen molar-refractivity contribution in [3.05, 3.63) is 18.2 Å². The van der Waals surface area contributed by atoms with Crippen LogP contribution in [0, 0.1) is 5.41 Å². The first kappa shape index (κ1) is 18.7. The lowest BCUT2D eigenvalue weighted by Gasteiger charge is -2.47. The fraction of sp³-hybridized carbons (Fsp3) is 0.737. The lowest BCUT2D eigenvalue weighted by Crippen LogP contribution is -2.52. The Balaban J connectivity index is 1.49. The van der Waals surface area contributed by atoms with Gasteiger partial charge in [-0.3, -0.25) is 4.79 Å². The number of unbranched alkanes of at least 4 members (excludes halogenated alkanes) is 1. The standard InChI is InChI=1S/C19H30N4O3/c1-2-3-12-26-18(25)22-10-7-19(8-11-22)6-4-17(24)23(14-19)9-5-16-13-20-15-21-16/h13,15H,2-12,14H2,1H3,(H,20,21). The molecular weight excluding hydrogens is 332 g/mol. The molecule has 0 aliphatic carbocycles. The summed E-state index contributed by atoms with van der Waals surface area (Å²) >= 11 is 0. The number of rotatable bonds is 6. The molecule has 2 aliphatic rings. The Kier molecular flexibility index (Phi) is 6.16. The van der Waals surface area contributed by atoms with Crippen LogP contribution in [0.5, 0.6) is 0 Å². The molecule has 1 aromatic heterocycles. The summed E-state index contributed by atoms with van der Waals surface area (Å²) in [5.41, 5.74) is 1.21. The molecule has 0 atom stereocenters. The van der Waals surface area contributed by atoms with Crippen LogP contribution in [0.2, 0.25) is 0 Å². The first-order valence-electron chi connectivity index (χ1n) is 9.79. The largest absolute Gasteiger partial charge is 0.449 e. The molecule has 26 heavy (non-hydrogen) atoms. The molecule has 7 nitrogen and oxygen atoms in total. The van der Waals surface area contributed by atoms with E-state index in [0.29, 0.717) is 13.0 Å². The van der Waals surface area contributed by atoms with E-state index in [2.05, 4.69) is 16.9 Å². The second-order valence-electron chi connectivity index (χ2n) is 7.60. The van der Waals surface area contributed by atoms with Gasteiger partial charge in [0.15, 0.2) is 0 Å². The molecule has 1 aromatic rings. The number of aromatic nitrogens is 2. The van der Waals surface area contributed by atoms with Gasteiger partial charge in [0, 0.05) is 50.9 Å². The van der Waals surface area contributed by atoms with E-state index in [1.165, 1.54) is 0 Å². The summed E-state index contributed by atoms with van der Waals surface area (Å²) in [4.78, 5) is 35.4. The van der Waals surface area contributed by atoms with Gasteiger partial charge in [-0.25, -0.2) is 9.78 Å². The minimum Gasteiger partial charge on any atom is -0.449 e. The van der Waals surface area contributed by atoms with Gasteiger partial charge in [0.1, 0.15) is 0 Å². The van der Waals surface area contributed by atoms with Crippen molar-refractivity contribution < 1.29 is 14.3 Å². The fourth-order valence-corrected chi connectivity index (χ4v) is 3.95. The van der Waals surface area contributed by atoms with Crippen LogP contribution in [-0.4, -0.2) is 64.6 Å². The maximum atomic E-state index is 12.3. The number of imidazole rings is 1. The van der Waals surface area contributed by atoms with E-state index in [9.17, 15) is 9.59 Å². The molecule has 144 valence electrons. The molecule has 0 saturated carbocycles. The fourth-order valence-electron chi connectivity index (χ4n) is 3.95. The molecule has 2 saturated heterocycles. The molecule has 2 aliphatic heterocycles. The zero-order valence-corrected chi connectivity index (χ0v) is 15.7. The molecular formula is C19H30N4O3. The van der Waals surface area contributed by atoms with Crippen molar-refractivity contribution in [1.29, 1.82) is 0 Å². The van der Waals surface area contributed by atoms with Crippen LogP contribution in [0.1, 0.15) is 51.1 Å². The molecule has 0 unspecified atom stereocenters. The van der Waals surface area contributed by atoms with Crippen molar-refractivity contribution in [3.63, 3.8) is 0 Å². The van der Waals surface area contributed by atoms with Gasteiger partial charge in [-0.15, -0.1) is 0 Å². The Morgan fingerprint density at radius 3 is 2.85 bits per heavy atom. The quantitative estimate of drug-likeness (QED) is 0.789. The van der Waals surface area contributed by atoms with E-state index in [1.807, 2.05) is 16.0 Å². The van der Waals surface area contributed by atoms with Gasteiger partial charge >= 0.3 is 6.09 Å². The number of hydrogen-bond donors (Lipinski definition) is 1. The number of nitrogens with one attached hydrogen (secondary N) is 1. The van der Waals surface area contributed by atoms with Crippen molar-refractivity contribution in [1.82, 2.24) is 19.8 Å². The highest BCUT2D eigenvalue weighted by molar-refractivity contribution is 5.77. The van der Waals surface area contributed by atoms with Crippen LogP contribution in [0.4, 0.5) is 4.79 Å². The predicted molar refractivity (Wildman–Crippen MR) is 97.6 cm³/mol. The first-order valence-corrected chi connectivity index (χ1v) is 9.79. The molecule has 2 fully saturated rings. The van der Waals surface area contributed by atoms with Gasteiger partial charge in [-0.2, -0.15) is 0 Å². The highest BCUT2D eigenvalue weighted by Crippen LogP contribution is 2.40. The van der Waals surface area contributed by atoms with E-state index in [4.69, 9.17) is 4.74 Å². The number of ether oxygens (including phenoxy) is 1. The summed E-state index contributed by atoms with van der Waals surface area (Å²) in [6.45, 7) is 5.58. The number of amides is 2. The number of nitrogens with zero attached hydrogens (tertiary/aromatic N) is 3. The van der Waals surface area contributed by atoms with E-state index >= 15 is 0 Å². The average Bonchev–Trinajstić information content (AvgIpc) is 3.17. The molecule has 3 heterocycles. The SMILES string of the molecule is CCCCOC(=O)N1CCC2(CCC(=O)N(CCc3cnc[nH]3)C2)CC1. The Hall–Kier alpha value is -2.05. The van der Waals surface area contributed by atoms with Crippen LogP contribution in [0.3, 0.4) is 0 Å². The molecule has 2 amide bonds. The van der Waals surface area contributed by atoms with Crippen LogP contribution < -0.4 is 0 Å². The van der Waals surface area contributed by atoms with Gasteiger partial charge in [-0.1, -0.05) is 13.3 Å². The number of aromatic amines is 1.